The maximum Gasteiger partial charge on any atom is 0.310 e. The molecule has 1 saturated carbocycles. The predicted molar refractivity (Wildman–Crippen MR) is 49.0 cm³/mol. The third-order valence-electron chi connectivity index (χ3n) is 2.16. The van der Waals surface area contributed by atoms with E-state index in [1.165, 1.54) is 6.42 Å². The van der Waals surface area contributed by atoms with Crippen LogP contribution in [-0.2, 0) is 9.53 Å². The average molecular weight is 194 g/mol. The zero-order valence-electron chi connectivity index (χ0n) is 7.12. The highest BCUT2D eigenvalue weighted by Crippen LogP contribution is 2.24. The van der Waals surface area contributed by atoms with Gasteiger partial charge in [-0.2, -0.15) is 0 Å². The van der Waals surface area contributed by atoms with Gasteiger partial charge in [0.25, 0.3) is 0 Å². The first-order chi connectivity index (χ1) is 5.34. The van der Waals surface area contributed by atoms with Crippen molar-refractivity contribution in [2.45, 2.75) is 32.1 Å². The molecule has 0 aromatic rings. The van der Waals surface area contributed by atoms with E-state index in [1.807, 2.05) is 0 Å². The minimum Gasteiger partial charge on any atom is -0.450 e. The first-order valence-electron chi connectivity index (χ1n) is 4.21. The quantitative estimate of drug-likeness (QED) is 0.534. The first kappa shape index (κ1) is 11.7. The largest absolute Gasteiger partial charge is 0.450 e. The van der Waals surface area contributed by atoms with E-state index in [-0.39, 0.29) is 31.0 Å². The van der Waals surface area contributed by atoms with Crippen LogP contribution >= 0.6 is 12.4 Å². The fourth-order valence-corrected chi connectivity index (χ4v) is 1.54. The molecule has 0 heterocycles. The summed E-state index contributed by atoms with van der Waals surface area (Å²) in [5.41, 5.74) is 5.09. The molecule has 0 spiro atoms. The SMILES string of the molecule is Cl.NCOC(=O)C1CCCCC1. The van der Waals surface area contributed by atoms with Gasteiger partial charge in [0.15, 0.2) is 0 Å². The molecule has 0 atom stereocenters. The number of hydrogen-bond acceptors (Lipinski definition) is 3. The summed E-state index contributed by atoms with van der Waals surface area (Å²) in [5.74, 6) is 0.0273. The lowest BCUT2D eigenvalue weighted by Gasteiger charge is -2.19. The van der Waals surface area contributed by atoms with Gasteiger partial charge < -0.3 is 4.74 Å². The molecular formula is C8H16ClNO2. The van der Waals surface area contributed by atoms with Crippen LogP contribution in [0, 0.1) is 5.92 Å². The predicted octanol–water partition coefficient (Wildman–Crippen LogP) is 1.45. The molecule has 0 aromatic heterocycles. The summed E-state index contributed by atoms with van der Waals surface area (Å²) >= 11 is 0. The fourth-order valence-electron chi connectivity index (χ4n) is 1.54. The highest BCUT2D eigenvalue weighted by Gasteiger charge is 2.21. The summed E-state index contributed by atoms with van der Waals surface area (Å²) in [7, 11) is 0. The molecule has 1 aliphatic carbocycles. The zero-order chi connectivity index (χ0) is 8.10. The Morgan fingerprint density at radius 3 is 2.42 bits per heavy atom. The van der Waals surface area contributed by atoms with Gasteiger partial charge in [0.1, 0.15) is 6.73 Å². The lowest BCUT2D eigenvalue weighted by atomic mass is 9.89. The van der Waals surface area contributed by atoms with Crippen LogP contribution in [0.2, 0.25) is 0 Å². The van der Waals surface area contributed by atoms with Crippen molar-refractivity contribution < 1.29 is 9.53 Å². The van der Waals surface area contributed by atoms with Gasteiger partial charge in [-0.1, -0.05) is 19.3 Å². The Bertz CT molecular complexity index is 135. The number of nitrogens with two attached hydrogens (primary N) is 1. The second-order valence-electron chi connectivity index (χ2n) is 2.96. The highest BCUT2D eigenvalue weighted by molar-refractivity contribution is 5.85. The molecule has 0 aromatic carbocycles. The van der Waals surface area contributed by atoms with Crippen molar-refractivity contribution in [3.05, 3.63) is 0 Å². The fraction of sp³-hybridized carbons (Fsp3) is 0.875. The van der Waals surface area contributed by atoms with Crippen LogP contribution in [-0.4, -0.2) is 12.7 Å². The molecule has 0 saturated heterocycles. The van der Waals surface area contributed by atoms with Crippen molar-refractivity contribution in [2.75, 3.05) is 6.73 Å². The van der Waals surface area contributed by atoms with E-state index in [4.69, 9.17) is 10.5 Å². The number of carbonyl (C=O) groups is 1. The van der Waals surface area contributed by atoms with Crippen LogP contribution in [0.15, 0.2) is 0 Å². The van der Waals surface area contributed by atoms with Gasteiger partial charge >= 0.3 is 5.97 Å². The van der Waals surface area contributed by atoms with Crippen LogP contribution in [0.4, 0.5) is 0 Å². The summed E-state index contributed by atoms with van der Waals surface area (Å²) in [6.07, 6.45) is 5.54. The Labute approximate surface area is 79.1 Å². The summed E-state index contributed by atoms with van der Waals surface area (Å²) in [6, 6.07) is 0. The van der Waals surface area contributed by atoms with E-state index in [2.05, 4.69) is 0 Å². The van der Waals surface area contributed by atoms with E-state index in [0.29, 0.717) is 0 Å². The Morgan fingerprint density at radius 1 is 1.33 bits per heavy atom. The Hall–Kier alpha value is -0.280. The molecule has 1 rings (SSSR count). The summed E-state index contributed by atoms with van der Waals surface area (Å²) in [6.45, 7) is 0.0231. The molecule has 72 valence electrons. The topological polar surface area (TPSA) is 52.3 Å². The minimum absolute atomic E-state index is 0. The highest BCUT2D eigenvalue weighted by atomic mass is 35.5. The first-order valence-corrected chi connectivity index (χ1v) is 4.21. The number of ether oxygens (including phenoxy) is 1. The number of rotatable bonds is 2. The zero-order valence-corrected chi connectivity index (χ0v) is 7.94. The van der Waals surface area contributed by atoms with Gasteiger partial charge in [0.2, 0.25) is 0 Å². The number of hydrogen-bond donors (Lipinski definition) is 1. The monoisotopic (exact) mass is 193 g/mol. The second-order valence-corrected chi connectivity index (χ2v) is 2.96. The molecule has 1 fully saturated rings. The molecule has 12 heavy (non-hydrogen) atoms. The van der Waals surface area contributed by atoms with Crippen molar-refractivity contribution in [2.24, 2.45) is 11.7 Å². The average Bonchev–Trinajstić information content (AvgIpc) is 2.07. The Kier molecular flexibility index (Phi) is 6.11. The van der Waals surface area contributed by atoms with E-state index in [1.54, 1.807) is 0 Å². The van der Waals surface area contributed by atoms with Gasteiger partial charge in [0, 0.05) is 0 Å². The Balaban J connectivity index is 0.00000121. The molecule has 0 amide bonds. The van der Waals surface area contributed by atoms with Crippen molar-refractivity contribution in [3.8, 4) is 0 Å². The smallest absolute Gasteiger partial charge is 0.310 e. The molecular weight excluding hydrogens is 178 g/mol. The molecule has 2 N–H and O–H groups in total. The van der Waals surface area contributed by atoms with E-state index >= 15 is 0 Å². The van der Waals surface area contributed by atoms with Gasteiger partial charge in [-0.3, -0.25) is 10.5 Å². The lowest BCUT2D eigenvalue weighted by Crippen LogP contribution is -2.22. The minimum atomic E-state index is -0.104. The summed E-state index contributed by atoms with van der Waals surface area (Å²) in [4.78, 5) is 11.1. The molecule has 3 nitrogen and oxygen atoms in total. The molecule has 4 heteroatoms. The van der Waals surface area contributed by atoms with Gasteiger partial charge in [-0.15, -0.1) is 12.4 Å². The van der Waals surface area contributed by atoms with Crippen molar-refractivity contribution in [3.63, 3.8) is 0 Å². The molecule has 0 radical (unpaired) electrons. The second kappa shape index (κ2) is 6.26. The maximum atomic E-state index is 11.1. The van der Waals surface area contributed by atoms with Crippen LogP contribution in [0.3, 0.4) is 0 Å². The van der Waals surface area contributed by atoms with Crippen LogP contribution in [0.25, 0.3) is 0 Å². The number of halogens is 1. The van der Waals surface area contributed by atoms with Crippen molar-refractivity contribution in [1.82, 2.24) is 0 Å². The number of esters is 1. The van der Waals surface area contributed by atoms with E-state index < -0.39 is 0 Å². The maximum absolute atomic E-state index is 11.1. The van der Waals surface area contributed by atoms with E-state index in [0.717, 1.165) is 25.7 Å². The van der Waals surface area contributed by atoms with E-state index in [9.17, 15) is 4.79 Å². The van der Waals surface area contributed by atoms with Gasteiger partial charge in [0.05, 0.1) is 5.92 Å². The van der Waals surface area contributed by atoms with Crippen molar-refractivity contribution >= 4 is 18.4 Å². The van der Waals surface area contributed by atoms with Crippen LogP contribution in [0.5, 0.6) is 0 Å². The summed E-state index contributed by atoms with van der Waals surface area (Å²) < 4.78 is 4.72. The van der Waals surface area contributed by atoms with Crippen LogP contribution < -0.4 is 5.73 Å². The van der Waals surface area contributed by atoms with Crippen molar-refractivity contribution in [1.29, 1.82) is 0 Å². The van der Waals surface area contributed by atoms with Gasteiger partial charge in [-0.05, 0) is 12.8 Å². The standard InChI is InChI=1S/C8H15NO2.ClH/c9-6-11-8(10)7-4-2-1-3-5-7;/h7H,1-6,9H2;1H. The molecule has 0 unspecified atom stereocenters. The summed E-state index contributed by atoms with van der Waals surface area (Å²) in [5, 5.41) is 0. The molecule has 0 bridgehead atoms. The normalized spacial score (nSPS) is 18.1. The number of carbonyl (C=O) groups excluding carboxylic acids is 1. The molecule has 0 aliphatic heterocycles. The molecule has 1 aliphatic rings. The van der Waals surface area contributed by atoms with Gasteiger partial charge in [-0.25, -0.2) is 0 Å². The third-order valence-corrected chi connectivity index (χ3v) is 2.16. The van der Waals surface area contributed by atoms with Crippen LogP contribution in [0.1, 0.15) is 32.1 Å². The Morgan fingerprint density at radius 2 is 1.92 bits per heavy atom. The third kappa shape index (κ3) is 3.41. The lowest BCUT2D eigenvalue weighted by molar-refractivity contribution is -0.149.